The Hall–Kier alpha value is -2.71. The molecule has 2 aromatic carbocycles. The molecule has 1 saturated heterocycles. The van der Waals surface area contributed by atoms with Crippen LogP contribution in [0, 0.1) is 23.1 Å². The Balaban J connectivity index is 1.79. The third-order valence-corrected chi connectivity index (χ3v) is 5.38. The summed E-state index contributed by atoms with van der Waals surface area (Å²) in [5.41, 5.74) is 1.96. The highest BCUT2D eigenvalue weighted by Crippen LogP contribution is 2.22. The molecule has 1 heterocycles. The van der Waals surface area contributed by atoms with E-state index in [9.17, 15) is 14.4 Å². The molecule has 0 bridgehead atoms. The Kier molecular flexibility index (Phi) is 6.43. The molecule has 0 aromatic heterocycles. The summed E-state index contributed by atoms with van der Waals surface area (Å²) in [6, 6.07) is 15.9. The molecule has 1 aliphatic heterocycles. The highest BCUT2D eigenvalue weighted by Gasteiger charge is 2.30. The minimum absolute atomic E-state index is 0.0774. The van der Waals surface area contributed by atoms with Crippen LogP contribution in [0.15, 0.2) is 48.5 Å². The standard InChI is InChI=1S/C23H26FN3O/c1-17(2)22-16-27(23(28)21-7-4-3-6-19(21)14-25)13-5-12-26(22)15-18-8-10-20(24)11-9-18/h3-4,6-11,17,22H,5,12-13,15-16H2,1-2H3/t22-/m0/s1. The lowest BCUT2D eigenvalue weighted by Gasteiger charge is -2.34. The predicted molar refractivity (Wildman–Crippen MR) is 107 cm³/mol. The van der Waals surface area contributed by atoms with E-state index in [1.54, 1.807) is 24.3 Å². The molecule has 0 saturated carbocycles. The third kappa shape index (κ3) is 4.58. The molecular formula is C23H26FN3O. The van der Waals surface area contributed by atoms with Crippen molar-refractivity contribution in [1.29, 1.82) is 5.26 Å². The maximum atomic E-state index is 13.2. The molecule has 1 fully saturated rings. The van der Waals surface area contributed by atoms with Crippen molar-refractivity contribution in [2.75, 3.05) is 19.6 Å². The van der Waals surface area contributed by atoms with Crippen LogP contribution in [0.1, 0.15) is 41.8 Å². The molecular weight excluding hydrogens is 353 g/mol. The summed E-state index contributed by atoms with van der Waals surface area (Å²) in [6.45, 7) is 7.24. The van der Waals surface area contributed by atoms with Crippen molar-refractivity contribution in [3.05, 3.63) is 71.0 Å². The SMILES string of the molecule is CC(C)[C@@H]1CN(C(=O)c2ccccc2C#N)CCCN1Cc1ccc(F)cc1. The van der Waals surface area contributed by atoms with E-state index in [1.807, 2.05) is 17.0 Å². The summed E-state index contributed by atoms with van der Waals surface area (Å²) >= 11 is 0. The van der Waals surface area contributed by atoms with Gasteiger partial charge in [-0.2, -0.15) is 5.26 Å². The number of carbonyl (C=O) groups is 1. The summed E-state index contributed by atoms with van der Waals surface area (Å²) in [6.07, 6.45) is 0.866. The Labute approximate surface area is 166 Å². The fourth-order valence-electron chi connectivity index (χ4n) is 3.84. The molecule has 0 aliphatic carbocycles. The molecule has 2 aromatic rings. The molecule has 5 heteroatoms. The van der Waals surface area contributed by atoms with Crippen LogP contribution in [-0.4, -0.2) is 41.4 Å². The van der Waals surface area contributed by atoms with Gasteiger partial charge in [0, 0.05) is 32.2 Å². The molecule has 0 unspecified atom stereocenters. The van der Waals surface area contributed by atoms with E-state index < -0.39 is 0 Å². The van der Waals surface area contributed by atoms with Gasteiger partial charge in [-0.1, -0.05) is 38.1 Å². The normalized spacial score (nSPS) is 18.0. The van der Waals surface area contributed by atoms with Crippen molar-refractivity contribution in [3.63, 3.8) is 0 Å². The number of nitriles is 1. The second kappa shape index (κ2) is 8.99. The largest absolute Gasteiger partial charge is 0.337 e. The molecule has 1 amide bonds. The van der Waals surface area contributed by atoms with Gasteiger partial charge in [0.1, 0.15) is 5.82 Å². The lowest BCUT2D eigenvalue weighted by atomic mass is 10.0. The Morgan fingerprint density at radius 2 is 1.89 bits per heavy atom. The van der Waals surface area contributed by atoms with Crippen molar-refractivity contribution >= 4 is 5.91 Å². The van der Waals surface area contributed by atoms with E-state index in [0.717, 1.165) is 25.1 Å². The van der Waals surface area contributed by atoms with Crippen LogP contribution in [0.2, 0.25) is 0 Å². The van der Waals surface area contributed by atoms with E-state index >= 15 is 0 Å². The summed E-state index contributed by atoms with van der Waals surface area (Å²) < 4.78 is 13.2. The number of halogens is 1. The summed E-state index contributed by atoms with van der Waals surface area (Å²) in [7, 11) is 0. The highest BCUT2D eigenvalue weighted by molar-refractivity contribution is 5.96. The van der Waals surface area contributed by atoms with Crippen LogP contribution in [0.4, 0.5) is 4.39 Å². The van der Waals surface area contributed by atoms with Crippen LogP contribution >= 0.6 is 0 Å². The molecule has 3 rings (SSSR count). The number of amides is 1. The zero-order valence-electron chi connectivity index (χ0n) is 16.4. The second-order valence-corrected chi connectivity index (χ2v) is 7.67. The van der Waals surface area contributed by atoms with Crippen LogP contribution in [0.25, 0.3) is 0 Å². The van der Waals surface area contributed by atoms with Crippen LogP contribution in [-0.2, 0) is 6.54 Å². The Morgan fingerprint density at radius 1 is 1.18 bits per heavy atom. The average Bonchev–Trinajstić information content (AvgIpc) is 2.92. The number of nitrogens with zero attached hydrogens (tertiary/aromatic N) is 3. The van der Waals surface area contributed by atoms with E-state index in [-0.39, 0.29) is 17.8 Å². The fraction of sp³-hybridized carbons (Fsp3) is 0.391. The van der Waals surface area contributed by atoms with E-state index in [1.165, 1.54) is 12.1 Å². The zero-order valence-corrected chi connectivity index (χ0v) is 16.4. The summed E-state index contributed by atoms with van der Waals surface area (Å²) in [5.74, 6) is 0.0550. The van der Waals surface area contributed by atoms with Gasteiger partial charge >= 0.3 is 0 Å². The number of hydrogen-bond acceptors (Lipinski definition) is 3. The monoisotopic (exact) mass is 379 g/mol. The topological polar surface area (TPSA) is 47.3 Å². The highest BCUT2D eigenvalue weighted by atomic mass is 19.1. The first-order valence-electron chi connectivity index (χ1n) is 9.76. The molecule has 4 nitrogen and oxygen atoms in total. The quantitative estimate of drug-likeness (QED) is 0.805. The smallest absolute Gasteiger partial charge is 0.255 e. The maximum absolute atomic E-state index is 13.2. The lowest BCUT2D eigenvalue weighted by Crippen LogP contribution is -2.45. The van der Waals surface area contributed by atoms with Crippen LogP contribution in [0.5, 0.6) is 0 Å². The lowest BCUT2D eigenvalue weighted by molar-refractivity contribution is 0.0702. The zero-order chi connectivity index (χ0) is 20.1. The number of rotatable bonds is 4. The van der Waals surface area contributed by atoms with Gasteiger partial charge < -0.3 is 4.90 Å². The summed E-state index contributed by atoms with van der Waals surface area (Å²) in [5, 5.41) is 9.33. The fourth-order valence-corrected chi connectivity index (χ4v) is 3.84. The Bertz CT molecular complexity index is 857. The molecule has 28 heavy (non-hydrogen) atoms. The van der Waals surface area contributed by atoms with Crippen molar-refractivity contribution < 1.29 is 9.18 Å². The van der Waals surface area contributed by atoms with Gasteiger partial charge in [0.25, 0.3) is 5.91 Å². The van der Waals surface area contributed by atoms with Crippen molar-refractivity contribution in [2.24, 2.45) is 5.92 Å². The van der Waals surface area contributed by atoms with Gasteiger partial charge in [0.2, 0.25) is 0 Å². The first-order valence-corrected chi connectivity index (χ1v) is 9.76. The third-order valence-electron chi connectivity index (χ3n) is 5.38. The number of hydrogen-bond donors (Lipinski definition) is 0. The molecule has 0 radical (unpaired) electrons. The number of benzene rings is 2. The molecule has 0 N–H and O–H groups in total. The van der Waals surface area contributed by atoms with Crippen molar-refractivity contribution in [2.45, 2.75) is 32.9 Å². The predicted octanol–water partition coefficient (Wildman–Crippen LogP) is 4.07. The first-order chi connectivity index (χ1) is 13.5. The van der Waals surface area contributed by atoms with Gasteiger partial charge in [-0.3, -0.25) is 9.69 Å². The van der Waals surface area contributed by atoms with Crippen molar-refractivity contribution in [3.8, 4) is 6.07 Å². The maximum Gasteiger partial charge on any atom is 0.255 e. The molecule has 1 atom stereocenters. The van der Waals surface area contributed by atoms with Gasteiger partial charge in [-0.25, -0.2) is 4.39 Å². The molecule has 146 valence electrons. The minimum Gasteiger partial charge on any atom is -0.337 e. The van der Waals surface area contributed by atoms with Crippen LogP contribution in [0.3, 0.4) is 0 Å². The van der Waals surface area contributed by atoms with E-state index in [4.69, 9.17) is 0 Å². The average molecular weight is 379 g/mol. The number of carbonyl (C=O) groups excluding carboxylic acids is 1. The first kappa shape index (κ1) is 20.0. The molecule has 0 spiro atoms. The van der Waals surface area contributed by atoms with Gasteiger partial charge in [0.15, 0.2) is 0 Å². The van der Waals surface area contributed by atoms with E-state index in [0.29, 0.717) is 30.1 Å². The van der Waals surface area contributed by atoms with Crippen LogP contribution < -0.4 is 0 Å². The Morgan fingerprint density at radius 3 is 2.57 bits per heavy atom. The van der Waals surface area contributed by atoms with Crippen molar-refractivity contribution in [1.82, 2.24) is 9.80 Å². The van der Waals surface area contributed by atoms with Gasteiger partial charge in [-0.05, 0) is 42.2 Å². The van der Waals surface area contributed by atoms with Gasteiger partial charge in [-0.15, -0.1) is 0 Å². The van der Waals surface area contributed by atoms with Gasteiger partial charge in [0.05, 0.1) is 17.2 Å². The molecule has 1 aliphatic rings. The second-order valence-electron chi connectivity index (χ2n) is 7.67. The minimum atomic E-state index is -0.229. The van der Waals surface area contributed by atoms with E-state index in [2.05, 4.69) is 24.8 Å². The summed E-state index contributed by atoms with van der Waals surface area (Å²) in [4.78, 5) is 17.4.